The molecule has 0 aliphatic heterocycles. The Kier molecular flexibility index (Phi) is 4.78. The van der Waals surface area contributed by atoms with Crippen LogP contribution in [0.4, 0.5) is 0 Å². The molecule has 0 bridgehead atoms. The molecule has 2 rings (SSSR count). The zero-order valence-electron chi connectivity index (χ0n) is 11.1. The molecular weight excluding hydrogens is 316 g/mol. The van der Waals surface area contributed by atoms with Crippen molar-refractivity contribution >= 4 is 15.9 Å². The minimum absolute atomic E-state index is 0.0939. The molecule has 0 amide bonds. The molecule has 2 aromatic rings. The Morgan fingerprint density at radius 1 is 1.30 bits per heavy atom. The van der Waals surface area contributed by atoms with Gasteiger partial charge in [0.2, 0.25) is 0 Å². The van der Waals surface area contributed by atoms with Gasteiger partial charge in [0.05, 0.1) is 11.6 Å². The smallest absolute Gasteiger partial charge is 0.125 e. The van der Waals surface area contributed by atoms with Crippen LogP contribution in [0.2, 0.25) is 0 Å². The molecule has 102 valence electrons. The first kappa shape index (κ1) is 14.6. The predicted molar refractivity (Wildman–Crippen MR) is 82.2 cm³/mol. The van der Waals surface area contributed by atoms with E-state index >= 15 is 0 Å². The van der Waals surface area contributed by atoms with E-state index in [1.54, 1.807) is 6.07 Å². The van der Waals surface area contributed by atoms with Crippen LogP contribution in [0, 0.1) is 11.3 Å². The van der Waals surface area contributed by atoms with Crippen LogP contribution in [0.3, 0.4) is 0 Å². The van der Waals surface area contributed by atoms with E-state index in [0.717, 1.165) is 21.3 Å². The Morgan fingerprint density at radius 3 is 2.80 bits per heavy atom. The Bertz CT molecular complexity index is 647. The number of benzene rings is 2. The first-order chi connectivity index (χ1) is 9.60. The van der Waals surface area contributed by atoms with Gasteiger partial charge in [-0.2, -0.15) is 5.26 Å². The number of ether oxygens (including phenoxy) is 1. The summed E-state index contributed by atoms with van der Waals surface area (Å²) in [6.45, 7) is 2.33. The molecule has 0 radical (unpaired) electrons. The van der Waals surface area contributed by atoms with Crippen molar-refractivity contribution in [1.29, 1.82) is 5.26 Å². The number of hydrogen-bond donors (Lipinski definition) is 1. The lowest BCUT2D eigenvalue weighted by atomic mass is 10.1. The first-order valence-corrected chi connectivity index (χ1v) is 7.06. The molecule has 2 aromatic carbocycles. The van der Waals surface area contributed by atoms with Gasteiger partial charge >= 0.3 is 0 Å². The number of rotatable bonds is 4. The summed E-state index contributed by atoms with van der Waals surface area (Å²) in [5.74, 6) is 0.761. The van der Waals surface area contributed by atoms with E-state index in [4.69, 9.17) is 15.7 Å². The molecule has 0 spiro atoms. The van der Waals surface area contributed by atoms with Gasteiger partial charge in [0, 0.05) is 16.1 Å². The summed E-state index contributed by atoms with van der Waals surface area (Å²) >= 11 is 3.43. The molecular formula is C16H15BrN2O. The number of nitrogens with two attached hydrogens (primary N) is 1. The van der Waals surface area contributed by atoms with Crippen LogP contribution >= 0.6 is 15.9 Å². The van der Waals surface area contributed by atoms with Crippen molar-refractivity contribution in [3.8, 4) is 11.8 Å². The summed E-state index contributed by atoms with van der Waals surface area (Å²) in [5.41, 5.74) is 8.49. The lowest BCUT2D eigenvalue weighted by molar-refractivity contribution is 0.301. The third-order valence-corrected chi connectivity index (χ3v) is 3.41. The maximum atomic E-state index is 8.89. The summed E-state index contributed by atoms with van der Waals surface area (Å²) in [7, 11) is 0. The summed E-state index contributed by atoms with van der Waals surface area (Å²) in [6, 6.07) is 15.2. The fourth-order valence-corrected chi connectivity index (χ4v) is 2.24. The molecule has 0 heterocycles. The van der Waals surface area contributed by atoms with Crippen molar-refractivity contribution in [1.82, 2.24) is 0 Å². The van der Waals surface area contributed by atoms with Crippen molar-refractivity contribution in [3.05, 3.63) is 63.6 Å². The van der Waals surface area contributed by atoms with E-state index in [2.05, 4.69) is 22.0 Å². The van der Waals surface area contributed by atoms with Crippen molar-refractivity contribution < 1.29 is 4.74 Å². The molecule has 0 unspecified atom stereocenters. The summed E-state index contributed by atoms with van der Waals surface area (Å²) < 4.78 is 6.79. The van der Waals surface area contributed by atoms with E-state index in [-0.39, 0.29) is 6.04 Å². The van der Waals surface area contributed by atoms with E-state index in [1.807, 2.05) is 43.3 Å². The molecule has 0 aromatic heterocycles. The average Bonchev–Trinajstić information content (AvgIpc) is 2.45. The standard InChI is InChI=1S/C16H15BrN2O/c1-11(19)15-6-5-14(17)8-16(15)20-10-13-4-2-3-12(7-13)9-18/h2-8,11H,10,19H2,1H3/t11-/m1/s1. The quantitative estimate of drug-likeness (QED) is 0.924. The largest absolute Gasteiger partial charge is 0.489 e. The third kappa shape index (κ3) is 3.60. The summed E-state index contributed by atoms with van der Waals surface area (Å²) in [6.07, 6.45) is 0. The first-order valence-electron chi connectivity index (χ1n) is 6.27. The predicted octanol–water partition coefficient (Wildman–Crippen LogP) is 3.92. The second-order valence-electron chi connectivity index (χ2n) is 4.57. The monoisotopic (exact) mass is 330 g/mol. The average molecular weight is 331 g/mol. The second kappa shape index (κ2) is 6.56. The molecule has 0 saturated heterocycles. The molecule has 0 aliphatic carbocycles. The Labute approximate surface area is 127 Å². The lowest BCUT2D eigenvalue weighted by Crippen LogP contribution is -2.08. The molecule has 20 heavy (non-hydrogen) atoms. The molecule has 0 fully saturated rings. The summed E-state index contributed by atoms with van der Waals surface area (Å²) in [5, 5.41) is 8.89. The van der Waals surface area contributed by atoms with Crippen molar-refractivity contribution in [2.75, 3.05) is 0 Å². The molecule has 0 saturated carbocycles. The van der Waals surface area contributed by atoms with Gasteiger partial charge in [-0.1, -0.05) is 34.1 Å². The van der Waals surface area contributed by atoms with E-state index in [1.165, 1.54) is 0 Å². The third-order valence-electron chi connectivity index (χ3n) is 2.92. The normalized spacial score (nSPS) is 11.7. The number of nitrogens with zero attached hydrogens (tertiary/aromatic N) is 1. The highest BCUT2D eigenvalue weighted by Crippen LogP contribution is 2.28. The minimum atomic E-state index is -0.0939. The molecule has 4 heteroatoms. The van der Waals surface area contributed by atoms with E-state index < -0.39 is 0 Å². The van der Waals surface area contributed by atoms with Crippen LogP contribution in [-0.2, 0) is 6.61 Å². The van der Waals surface area contributed by atoms with Gasteiger partial charge in [-0.25, -0.2) is 0 Å². The SMILES string of the molecule is C[C@@H](N)c1ccc(Br)cc1OCc1cccc(C#N)c1. The topological polar surface area (TPSA) is 59.0 Å². The van der Waals surface area contributed by atoms with Crippen molar-refractivity contribution in [2.45, 2.75) is 19.6 Å². The number of halogens is 1. The fraction of sp³-hybridized carbons (Fsp3) is 0.188. The van der Waals surface area contributed by atoms with Gasteiger partial charge in [-0.3, -0.25) is 0 Å². The van der Waals surface area contributed by atoms with Crippen LogP contribution in [0.1, 0.15) is 29.7 Å². The van der Waals surface area contributed by atoms with Gasteiger partial charge < -0.3 is 10.5 Å². The van der Waals surface area contributed by atoms with Gasteiger partial charge in [0.25, 0.3) is 0 Å². The Balaban J connectivity index is 2.18. The van der Waals surface area contributed by atoms with Crippen LogP contribution < -0.4 is 10.5 Å². The highest BCUT2D eigenvalue weighted by atomic mass is 79.9. The fourth-order valence-electron chi connectivity index (χ4n) is 1.90. The number of hydrogen-bond acceptors (Lipinski definition) is 3. The molecule has 3 nitrogen and oxygen atoms in total. The van der Waals surface area contributed by atoms with Crippen LogP contribution in [0.25, 0.3) is 0 Å². The molecule has 2 N–H and O–H groups in total. The lowest BCUT2D eigenvalue weighted by Gasteiger charge is -2.14. The van der Waals surface area contributed by atoms with Crippen molar-refractivity contribution in [3.63, 3.8) is 0 Å². The summed E-state index contributed by atoms with van der Waals surface area (Å²) in [4.78, 5) is 0. The van der Waals surface area contributed by atoms with Gasteiger partial charge in [-0.15, -0.1) is 0 Å². The van der Waals surface area contributed by atoms with Gasteiger partial charge in [0.15, 0.2) is 0 Å². The zero-order chi connectivity index (χ0) is 14.5. The van der Waals surface area contributed by atoms with Crippen molar-refractivity contribution in [2.24, 2.45) is 5.73 Å². The molecule has 0 aliphatic rings. The van der Waals surface area contributed by atoms with Gasteiger partial charge in [0.1, 0.15) is 12.4 Å². The Morgan fingerprint density at radius 2 is 2.10 bits per heavy atom. The van der Waals surface area contributed by atoms with Crippen LogP contribution in [0.5, 0.6) is 5.75 Å². The molecule has 1 atom stereocenters. The van der Waals surface area contributed by atoms with E-state index in [0.29, 0.717) is 12.2 Å². The van der Waals surface area contributed by atoms with Gasteiger partial charge in [-0.05, 0) is 36.8 Å². The highest BCUT2D eigenvalue weighted by Gasteiger charge is 2.09. The Hall–Kier alpha value is -1.83. The maximum absolute atomic E-state index is 8.89. The minimum Gasteiger partial charge on any atom is -0.489 e. The maximum Gasteiger partial charge on any atom is 0.125 e. The van der Waals surface area contributed by atoms with Crippen LogP contribution in [0.15, 0.2) is 46.9 Å². The zero-order valence-corrected chi connectivity index (χ0v) is 12.7. The van der Waals surface area contributed by atoms with E-state index in [9.17, 15) is 0 Å². The number of nitriles is 1. The second-order valence-corrected chi connectivity index (χ2v) is 5.49. The highest BCUT2D eigenvalue weighted by molar-refractivity contribution is 9.10. The van der Waals surface area contributed by atoms with Crippen LogP contribution in [-0.4, -0.2) is 0 Å².